The first-order chi connectivity index (χ1) is 13.1. The number of esters is 1. The maximum Gasteiger partial charge on any atom is 0.416 e. The van der Waals surface area contributed by atoms with Crippen LogP contribution in [0.2, 0.25) is 5.02 Å². The summed E-state index contributed by atoms with van der Waals surface area (Å²) in [4.78, 5) is 36.3. The van der Waals surface area contributed by atoms with Crippen molar-refractivity contribution in [2.75, 3.05) is 5.32 Å². The third kappa shape index (κ3) is 6.07. The molecule has 1 aromatic carbocycles. The first-order valence-corrected chi connectivity index (χ1v) is 9.27. The second-order valence-electron chi connectivity index (χ2n) is 5.71. The van der Waals surface area contributed by atoms with Crippen LogP contribution in [0.25, 0.3) is 0 Å². The highest BCUT2D eigenvalue weighted by Crippen LogP contribution is 2.33. The fourth-order valence-electron chi connectivity index (χ4n) is 2.12. The van der Waals surface area contributed by atoms with Crippen LogP contribution in [0, 0.1) is 0 Å². The number of hydrogen-bond donors (Lipinski definition) is 1. The monoisotopic (exact) mass is 433 g/mol. The van der Waals surface area contributed by atoms with Gasteiger partial charge in [0.25, 0.3) is 5.91 Å². The summed E-state index contributed by atoms with van der Waals surface area (Å²) in [6, 6.07) is 5.82. The summed E-state index contributed by atoms with van der Waals surface area (Å²) in [5.41, 5.74) is -1.23. The molecule has 0 saturated carbocycles. The Morgan fingerprint density at radius 3 is 2.54 bits per heavy atom. The van der Waals surface area contributed by atoms with E-state index in [-0.39, 0.29) is 29.3 Å². The van der Waals surface area contributed by atoms with Crippen molar-refractivity contribution in [3.05, 3.63) is 51.2 Å². The van der Waals surface area contributed by atoms with Crippen LogP contribution in [0.3, 0.4) is 0 Å². The Bertz CT molecular complexity index is 868. The summed E-state index contributed by atoms with van der Waals surface area (Å²) < 4.78 is 43.2. The van der Waals surface area contributed by atoms with Crippen molar-refractivity contribution in [1.82, 2.24) is 0 Å². The Morgan fingerprint density at radius 2 is 1.93 bits per heavy atom. The van der Waals surface area contributed by atoms with Gasteiger partial charge in [0.1, 0.15) is 0 Å². The number of carbonyl (C=O) groups is 3. The minimum absolute atomic E-state index is 0.0762. The van der Waals surface area contributed by atoms with Gasteiger partial charge < -0.3 is 10.1 Å². The number of ether oxygens (including phenoxy) is 1. The third-order valence-corrected chi connectivity index (χ3v) is 4.82. The van der Waals surface area contributed by atoms with E-state index in [9.17, 15) is 27.6 Å². The van der Waals surface area contributed by atoms with Gasteiger partial charge in [0, 0.05) is 6.42 Å². The highest BCUT2D eigenvalue weighted by molar-refractivity contribution is 7.12. The number of Topliss-reactive ketones (excluding diaryl/α,β-unsaturated/α-hetero) is 1. The number of alkyl halides is 3. The van der Waals surface area contributed by atoms with Crippen molar-refractivity contribution < 1.29 is 32.3 Å². The molecule has 0 aliphatic heterocycles. The molecule has 0 radical (unpaired) electrons. The molecule has 1 aromatic heterocycles. The Kier molecular flexibility index (Phi) is 7.20. The SMILES string of the molecule is CC(OC(=O)CCC(=O)c1cccs1)C(=O)Nc1cc(C(F)(F)F)ccc1Cl. The highest BCUT2D eigenvalue weighted by atomic mass is 35.5. The first-order valence-electron chi connectivity index (χ1n) is 8.01. The van der Waals surface area contributed by atoms with Crippen molar-refractivity contribution in [1.29, 1.82) is 0 Å². The number of anilines is 1. The van der Waals surface area contributed by atoms with Crippen molar-refractivity contribution >= 4 is 46.3 Å². The van der Waals surface area contributed by atoms with Gasteiger partial charge in [0.05, 0.1) is 27.6 Å². The van der Waals surface area contributed by atoms with Gasteiger partial charge in [0.15, 0.2) is 11.9 Å². The average Bonchev–Trinajstić information content (AvgIpc) is 3.15. The van der Waals surface area contributed by atoms with Crippen LogP contribution in [0.5, 0.6) is 0 Å². The maximum absolute atomic E-state index is 12.8. The molecule has 1 atom stereocenters. The molecule has 1 amide bonds. The predicted octanol–water partition coefficient (Wildman–Crippen LogP) is 4.95. The number of thiophene rings is 1. The van der Waals surface area contributed by atoms with Gasteiger partial charge in [-0.25, -0.2) is 0 Å². The lowest BCUT2D eigenvalue weighted by Gasteiger charge is -2.15. The molecule has 0 aliphatic carbocycles. The molecule has 5 nitrogen and oxygen atoms in total. The van der Waals surface area contributed by atoms with Crippen LogP contribution >= 0.6 is 22.9 Å². The van der Waals surface area contributed by atoms with Gasteiger partial charge in [-0.1, -0.05) is 17.7 Å². The minimum Gasteiger partial charge on any atom is -0.453 e. The largest absolute Gasteiger partial charge is 0.453 e. The lowest BCUT2D eigenvalue weighted by atomic mass is 10.2. The molecule has 1 heterocycles. The van der Waals surface area contributed by atoms with E-state index in [0.29, 0.717) is 10.9 Å². The molecule has 0 aliphatic rings. The summed E-state index contributed by atoms with van der Waals surface area (Å²) in [6.45, 7) is 1.26. The molecule has 28 heavy (non-hydrogen) atoms. The van der Waals surface area contributed by atoms with Crippen LogP contribution in [0.4, 0.5) is 18.9 Å². The maximum atomic E-state index is 12.8. The van der Waals surface area contributed by atoms with Crippen molar-refractivity contribution in [2.24, 2.45) is 0 Å². The van der Waals surface area contributed by atoms with Crippen molar-refractivity contribution in [3.8, 4) is 0 Å². The lowest BCUT2D eigenvalue weighted by Crippen LogP contribution is -2.30. The van der Waals surface area contributed by atoms with Crippen LogP contribution in [-0.2, 0) is 20.5 Å². The quantitative estimate of drug-likeness (QED) is 0.495. The molecule has 0 spiro atoms. The van der Waals surface area contributed by atoms with Gasteiger partial charge in [-0.05, 0) is 36.6 Å². The zero-order valence-electron chi connectivity index (χ0n) is 14.5. The van der Waals surface area contributed by atoms with Crippen LogP contribution in [0.1, 0.15) is 35.0 Å². The van der Waals surface area contributed by atoms with Crippen molar-refractivity contribution in [3.63, 3.8) is 0 Å². The molecule has 2 aromatic rings. The van der Waals surface area contributed by atoms with Crippen LogP contribution in [0.15, 0.2) is 35.7 Å². The highest BCUT2D eigenvalue weighted by Gasteiger charge is 2.31. The zero-order valence-corrected chi connectivity index (χ0v) is 16.1. The van der Waals surface area contributed by atoms with E-state index in [1.807, 2.05) is 0 Å². The topological polar surface area (TPSA) is 72.5 Å². The number of ketones is 1. The summed E-state index contributed by atoms with van der Waals surface area (Å²) in [5, 5.41) is 3.84. The molecule has 0 fully saturated rings. The number of amides is 1. The molecular formula is C18H15ClF3NO4S. The number of benzene rings is 1. The van der Waals surface area contributed by atoms with E-state index in [0.717, 1.165) is 12.1 Å². The van der Waals surface area contributed by atoms with Gasteiger partial charge >= 0.3 is 12.1 Å². The Labute approximate surface area is 167 Å². The summed E-state index contributed by atoms with van der Waals surface area (Å²) in [7, 11) is 0. The fraction of sp³-hybridized carbons (Fsp3) is 0.278. The molecule has 150 valence electrons. The average molecular weight is 434 g/mol. The summed E-state index contributed by atoms with van der Waals surface area (Å²) in [6.07, 6.45) is -6.18. The lowest BCUT2D eigenvalue weighted by molar-refractivity contribution is -0.153. The van der Waals surface area contributed by atoms with Crippen molar-refractivity contribution in [2.45, 2.75) is 32.0 Å². The number of carbonyl (C=O) groups excluding carboxylic acids is 3. The second-order valence-corrected chi connectivity index (χ2v) is 7.07. The van der Waals surface area contributed by atoms with E-state index < -0.39 is 29.7 Å². The Morgan fingerprint density at radius 1 is 1.21 bits per heavy atom. The molecule has 0 bridgehead atoms. The van der Waals surface area contributed by atoms with Crippen LogP contribution in [-0.4, -0.2) is 23.8 Å². The van der Waals surface area contributed by atoms with Gasteiger partial charge in [-0.3, -0.25) is 14.4 Å². The van der Waals surface area contributed by atoms with E-state index in [1.165, 1.54) is 18.3 Å². The van der Waals surface area contributed by atoms with E-state index >= 15 is 0 Å². The normalized spacial score (nSPS) is 12.3. The van der Waals surface area contributed by atoms with E-state index in [1.54, 1.807) is 17.5 Å². The molecule has 1 unspecified atom stereocenters. The molecule has 1 N–H and O–H groups in total. The Balaban J connectivity index is 1.90. The van der Waals surface area contributed by atoms with Gasteiger partial charge in [0.2, 0.25) is 0 Å². The standard InChI is InChI=1S/C18H15ClF3NO4S/c1-10(27-16(25)7-6-14(24)15-3-2-8-28-15)17(26)23-13-9-11(18(20,21)22)4-5-12(13)19/h2-5,8-10H,6-7H2,1H3,(H,23,26). The first kappa shape index (κ1) is 21.9. The van der Waals surface area contributed by atoms with Gasteiger partial charge in [-0.2, -0.15) is 13.2 Å². The number of halogens is 4. The summed E-state index contributed by atoms with van der Waals surface area (Å²) >= 11 is 7.06. The fourth-order valence-corrected chi connectivity index (χ4v) is 2.98. The van der Waals surface area contributed by atoms with Gasteiger partial charge in [-0.15, -0.1) is 11.3 Å². The molecular weight excluding hydrogens is 419 g/mol. The number of hydrogen-bond acceptors (Lipinski definition) is 5. The third-order valence-electron chi connectivity index (χ3n) is 3.58. The molecule has 0 saturated heterocycles. The van der Waals surface area contributed by atoms with E-state index in [2.05, 4.69) is 5.32 Å². The number of nitrogens with one attached hydrogen (secondary N) is 1. The molecule has 2 rings (SSSR count). The minimum atomic E-state index is -4.60. The number of rotatable bonds is 7. The Hall–Kier alpha value is -2.39. The van der Waals surface area contributed by atoms with E-state index in [4.69, 9.17) is 16.3 Å². The summed E-state index contributed by atoms with van der Waals surface area (Å²) in [5.74, 6) is -1.85. The predicted molar refractivity (Wildman–Crippen MR) is 98.5 cm³/mol. The molecule has 10 heteroatoms. The second kappa shape index (κ2) is 9.20. The smallest absolute Gasteiger partial charge is 0.416 e. The van der Waals surface area contributed by atoms with Crippen LogP contribution < -0.4 is 5.32 Å². The zero-order chi connectivity index (χ0) is 20.9.